The van der Waals surface area contributed by atoms with Crippen molar-refractivity contribution in [3.8, 4) is 5.75 Å². The molecule has 0 spiro atoms. The van der Waals surface area contributed by atoms with Crippen molar-refractivity contribution in [1.82, 2.24) is 5.32 Å². The van der Waals surface area contributed by atoms with Gasteiger partial charge in [0.2, 0.25) is 0 Å². The number of anilines is 1. The number of urea groups is 1. The molecular weight excluding hydrogens is 495 g/mol. The first kappa shape index (κ1) is 24.0. The Morgan fingerprint density at radius 3 is 2.26 bits per heavy atom. The van der Waals surface area contributed by atoms with Gasteiger partial charge in [0.15, 0.2) is 0 Å². The van der Waals surface area contributed by atoms with Crippen LogP contribution >= 0.6 is 23.2 Å². The molecule has 1 heterocycles. The molecule has 1 aliphatic rings. The fraction of sp³-hybridized carbons (Fsp3) is 0.0400. The van der Waals surface area contributed by atoms with Crippen LogP contribution in [0.2, 0.25) is 10.0 Å². The van der Waals surface area contributed by atoms with Crippen molar-refractivity contribution in [3.05, 3.63) is 99.0 Å². The molecule has 4 rings (SSSR count). The highest BCUT2D eigenvalue weighted by atomic mass is 35.5. The number of aromatic carboxylic acids is 1. The van der Waals surface area contributed by atoms with E-state index in [9.17, 15) is 19.2 Å². The number of hydrogen-bond donors (Lipinski definition) is 2. The maximum Gasteiger partial charge on any atom is 0.335 e. The topological polar surface area (TPSA) is 113 Å². The number of carboxylic acid groups (broad SMARTS) is 1. The smallest absolute Gasteiger partial charge is 0.335 e. The molecule has 0 unspecified atom stereocenters. The Balaban J connectivity index is 1.63. The van der Waals surface area contributed by atoms with E-state index in [0.717, 1.165) is 4.90 Å². The van der Waals surface area contributed by atoms with Crippen LogP contribution in [0.5, 0.6) is 5.75 Å². The quantitative estimate of drug-likeness (QED) is 0.358. The molecule has 3 aromatic carbocycles. The lowest BCUT2D eigenvalue weighted by atomic mass is 10.1. The number of carbonyl (C=O) groups excluding carboxylic acids is 3. The Hall–Kier alpha value is -4.14. The maximum atomic E-state index is 13.1. The van der Waals surface area contributed by atoms with E-state index < -0.39 is 23.8 Å². The van der Waals surface area contributed by atoms with Gasteiger partial charge in [0.25, 0.3) is 11.8 Å². The molecule has 2 N–H and O–H groups in total. The summed E-state index contributed by atoms with van der Waals surface area (Å²) in [6.07, 6.45) is 1.29. The monoisotopic (exact) mass is 510 g/mol. The molecule has 0 atom stereocenters. The van der Waals surface area contributed by atoms with E-state index in [1.807, 2.05) is 0 Å². The number of ether oxygens (including phenoxy) is 1. The molecule has 0 bridgehead atoms. The number of imide groups is 2. The van der Waals surface area contributed by atoms with Crippen molar-refractivity contribution in [2.45, 2.75) is 6.61 Å². The van der Waals surface area contributed by atoms with Crippen molar-refractivity contribution in [2.75, 3.05) is 4.90 Å². The van der Waals surface area contributed by atoms with Crippen LogP contribution in [-0.2, 0) is 16.2 Å². The second kappa shape index (κ2) is 10.0. The number of carboxylic acids is 1. The van der Waals surface area contributed by atoms with Crippen LogP contribution in [0.3, 0.4) is 0 Å². The molecule has 176 valence electrons. The van der Waals surface area contributed by atoms with E-state index in [4.69, 9.17) is 33.0 Å². The lowest BCUT2D eigenvalue weighted by molar-refractivity contribution is -0.122. The minimum Gasteiger partial charge on any atom is -0.488 e. The van der Waals surface area contributed by atoms with Crippen molar-refractivity contribution in [1.29, 1.82) is 0 Å². The molecule has 4 amide bonds. The number of nitrogens with one attached hydrogen (secondary N) is 1. The van der Waals surface area contributed by atoms with E-state index in [1.165, 1.54) is 48.5 Å². The molecule has 0 radical (unpaired) electrons. The van der Waals surface area contributed by atoms with E-state index in [1.54, 1.807) is 24.3 Å². The summed E-state index contributed by atoms with van der Waals surface area (Å²) in [6.45, 7) is 0.0905. The van der Waals surface area contributed by atoms with E-state index in [0.29, 0.717) is 26.9 Å². The summed E-state index contributed by atoms with van der Waals surface area (Å²) in [5.41, 5.74) is 1.13. The summed E-state index contributed by atoms with van der Waals surface area (Å²) in [7, 11) is 0. The lowest BCUT2D eigenvalue weighted by Gasteiger charge is -2.26. The number of hydrogen-bond acceptors (Lipinski definition) is 5. The molecule has 1 fully saturated rings. The number of nitrogens with zero attached hydrogens (tertiary/aromatic N) is 1. The first-order chi connectivity index (χ1) is 16.7. The molecule has 35 heavy (non-hydrogen) atoms. The van der Waals surface area contributed by atoms with Crippen molar-refractivity contribution < 1.29 is 29.0 Å². The Morgan fingerprint density at radius 2 is 1.60 bits per heavy atom. The average molecular weight is 511 g/mol. The molecule has 0 aromatic heterocycles. The minimum absolute atomic E-state index is 0.0905. The number of rotatable bonds is 6. The molecule has 1 saturated heterocycles. The Kier molecular flexibility index (Phi) is 6.86. The standard InChI is InChI=1S/C25H16Cl2N2O6/c26-17-5-8-19(9-6-17)29-23(31)20(22(30)28-25(29)34)12-16-11-18(27)7-10-21(16)35-13-14-1-3-15(4-2-14)24(32)33/h1-12H,13H2,(H,32,33)(H,28,30,34)/b20-12+. The van der Waals surface area contributed by atoms with Gasteiger partial charge in [-0.2, -0.15) is 0 Å². The number of halogens is 2. The van der Waals surface area contributed by atoms with Crippen molar-refractivity contribution in [3.63, 3.8) is 0 Å². The SMILES string of the molecule is O=C1NC(=O)N(c2ccc(Cl)cc2)C(=O)/C1=C/c1cc(Cl)ccc1OCc1ccc(C(=O)O)cc1. The molecule has 1 aliphatic heterocycles. The van der Waals surface area contributed by atoms with Crippen molar-refractivity contribution in [2.24, 2.45) is 0 Å². The van der Waals surface area contributed by atoms with Crippen LogP contribution in [0.15, 0.2) is 72.3 Å². The van der Waals surface area contributed by atoms with E-state index in [2.05, 4.69) is 5.32 Å². The van der Waals surface area contributed by atoms with Gasteiger partial charge in [-0.15, -0.1) is 0 Å². The van der Waals surface area contributed by atoms with E-state index >= 15 is 0 Å². The number of benzene rings is 3. The van der Waals surface area contributed by atoms with Crippen LogP contribution < -0.4 is 15.0 Å². The molecular formula is C25H16Cl2N2O6. The zero-order chi connectivity index (χ0) is 25.1. The second-order valence-corrected chi connectivity index (χ2v) is 8.28. The summed E-state index contributed by atoms with van der Waals surface area (Å²) < 4.78 is 5.85. The normalized spacial score (nSPS) is 14.7. The van der Waals surface area contributed by atoms with Gasteiger partial charge in [-0.05, 0) is 66.2 Å². The van der Waals surface area contributed by atoms with Crippen LogP contribution in [0.4, 0.5) is 10.5 Å². The summed E-state index contributed by atoms with van der Waals surface area (Å²) in [5, 5.41) is 11.9. The molecule has 3 aromatic rings. The molecule has 0 saturated carbocycles. The Morgan fingerprint density at radius 1 is 0.943 bits per heavy atom. The van der Waals surface area contributed by atoms with Gasteiger partial charge in [-0.1, -0.05) is 35.3 Å². The highest BCUT2D eigenvalue weighted by Crippen LogP contribution is 2.29. The second-order valence-electron chi connectivity index (χ2n) is 7.41. The third-order valence-corrected chi connectivity index (χ3v) is 5.54. The van der Waals surface area contributed by atoms with Gasteiger partial charge >= 0.3 is 12.0 Å². The predicted molar refractivity (Wildman–Crippen MR) is 130 cm³/mol. The van der Waals surface area contributed by atoms with Gasteiger partial charge in [-0.25, -0.2) is 14.5 Å². The van der Waals surface area contributed by atoms with Crippen LogP contribution in [0.1, 0.15) is 21.5 Å². The van der Waals surface area contributed by atoms with Crippen LogP contribution in [-0.4, -0.2) is 28.9 Å². The largest absolute Gasteiger partial charge is 0.488 e. The van der Waals surface area contributed by atoms with Crippen LogP contribution in [0, 0.1) is 0 Å². The maximum absolute atomic E-state index is 13.1. The van der Waals surface area contributed by atoms with Gasteiger partial charge in [0, 0.05) is 15.6 Å². The highest BCUT2D eigenvalue weighted by molar-refractivity contribution is 6.39. The highest BCUT2D eigenvalue weighted by Gasteiger charge is 2.37. The molecule has 10 heteroatoms. The fourth-order valence-corrected chi connectivity index (χ4v) is 3.61. The lowest BCUT2D eigenvalue weighted by Crippen LogP contribution is -2.54. The Bertz CT molecular complexity index is 1370. The first-order valence-electron chi connectivity index (χ1n) is 10.1. The Labute approximate surface area is 209 Å². The molecule has 8 nitrogen and oxygen atoms in total. The summed E-state index contributed by atoms with van der Waals surface area (Å²) >= 11 is 12.0. The van der Waals surface area contributed by atoms with Gasteiger partial charge in [-0.3, -0.25) is 14.9 Å². The zero-order valence-electron chi connectivity index (χ0n) is 17.8. The number of barbiturate groups is 1. The third kappa shape index (κ3) is 5.34. The first-order valence-corrected chi connectivity index (χ1v) is 10.9. The molecule has 0 aliphatic carbocycles. The van der Waals surface area contributed by atoms with Crippen LogP contribution in [0.25, 0.3) is 6.08 Å². The number of amides is 4. The fourth-order valence-electron chi connectivity index (χ4n) is 3.31. The van der Waals surface area contributed by atoms with Crippen molar-refractivity contribution >= 4 is 58.8 Å². The average Bonchev–Trinajstić information content (AvgIpc) is 2.82. The summed E-state index contributed by atoms with van der Waals surface area (Å²) in [4.78, 5) is 49.9. The number of carbonyl (C=O) groups is 4. The zero-order valence-corrected chi connectivity index (χ0v) is 19.3. The predicted octanol–water partition coefficient (Wildman–Crippen LogP) is 4.94. The van der Waals surface area contributed by atoms with Gasteiger partial charge < -0.3 is 9.84 Å². The van der Waals surface area contributed by atoms with Gasteiger partial charge in [0.1, 0.15) is 17.9 Å². The van der Waals surface area contributed by atoms with Gasteiger partial charge in [0.05, 0.1) is 11.3 Å². The van der Waals surface area contributed by atoms with E-state index in [-0.39, 0.29) is 23.4 Å². The minimum atomic E-state index is -1.04. The summed E-state index contributed by atoms with van der Waals surface area (Å²) in [5.74, 6) is -2.40. The summed E-state index contributed by atoms with van der Waals surface area (Å²) in [6, 6.07) is 15.9. The third-order valence-electron chi connectivity index (χ3n) is 5.05.